The first-order valence-corrected chi connectivity index (χ1v) is 6.90. The summed E-state index contributed by atoms with van der Waals surface area (Å²) in [6, 6.07) is 8.02. The number of hydrogen-bond donors (Lipinski definition) is 2. The van der Waals surface area contributed by atoms with Gasteiger partial charge in [-0.25, -0.2) is 4.98 Å². The predicted molar refractivity (Wildman–Crippen MR) is 78.0 cm³/mol. The topological polar surface area (TPSA) is 72.0 Å². The second-order valence-corrected chi connectivity index (χ2v) is 5.63. The number of aromatic nitrogens is 1. The molecule has 0 aliphatic rings. The Kier molecular flexibility index (Phi) is 4.16. The van der Waals surface area contributed by atoms with E-state index >= 15 is 0 Å². The van der Waals surface area contributed by atoms with Crippen LogP contribution in [-0.4, -0.2) is 10.8 Å². The van der Waals surface area contributed by atoms with Gasteiger partial charge in [0.25, 0.3) is 0 Å². The zero-order valence-corrected chi connectivity index (χ0v) is 11.8. The molecule has 0 radical (unpaired) electrons. The summed E-state index contributed by atoms with van der Waals surface area (Å²) >= 11 is 1.39. The molecule has 0 fully saturated rings. The Balaban J connectivity index is 2.08. The van der Waals surface area contributed by atoms with Crippen LogP contribution < -0.4 is 10.5 Å². The lowest BCUT2D eigenvalue weighted by atomic mass is 10.0. The van der Waals surface area contributed by atoms with Crippen LogP contribution in [-0.2, 0) is 6.61 Å². The van der Waals surface area contributed by atoms with E-state index in [1.54, 1.807) is 6.20 Å². The Morgan fingerprint density at radius 2 is 2.16 bits per heavy atom. The lowest BCUT2D eigenvalue weighted by Gasteiger charge is -2.12. The van der Waals surface area contributed by atoms with Gasteiger partial charge in [-0.15, -0.1) is 11.3 Å². The minimum Gasteiger partial charge on any atom is -0.486 e. The molecule has 0 atom stereocenters. The molecule has 0 aliphatic heterocycles. The Morgan fingerprint density at radius 3 is 2.79 bits per heavy atom. The summed E-state index contributed by atoms with van der Waals surface area (Å²) in [7, 11) is 0. The normalized spacial score (nSPS) is 10.7. The van der Waals surface area contributed by atoms with Gasteiger partial charge in [0.05, 0.1) is 4.88 Å². The quantitative estimate of drug-likeness (QED) is 0.650. The van der Waals surface area contributed by atoms with Gasteiger partial charge in [0.1, 0.15) is 23.2 Å². The summed E-state index contributed by atoms with van der Waals surface area (Å²) < 4.78 is 5.81. The van der Waals surface area contributed by atoms with Crippen LogP contribution in [0.25, 0.3) is 0 Å². The average Bonchev–Trinajstić information content (AvgIpc) is 2.85. The molecule has 0 bridgehead atoms. The van der Waals surface area contributed by atoms with Gasteiger partial charge in [-0.1, -0.05) is 32.0 Å². The SMILES string of the molecule is CC(C)c1ccccc1OCc1ncc(C(=N)N)s1. The number of amidine groups is 1. The first-order valence-electron chi connectivity index (χ1n) is 6.08. The molecule has 4 nitrogen and oxygen atoms in total. The summed E-state index contributed by atoms with van der Waals surface area (Å²) in [4.78, 5) is 4.88. The smallest absolute Gasteiger partial charge is 0.140 e. The summed E-state index contributed by atoms with van der Waals surface area (Å²) in [5.74, 6) is 1.35. The van der Waals surface area contributed by atoms with Crippen molar-refractivity contribution < 1.29 is 4.74 Å². The van der Waals surface area contributed by atoms with Crippen molar-refractivity contribution >= 4 is 17.2 Å². The number of benzene rings is 1. The maximum absolute atomic E-state index is 7.34. The molecule has 1 heterocycles. The molecule has 0 unspecified atom stereocenters. The summed E-state index contributed by atoms with van der Waals surface area (Å²) in [6.45, 7) is 4.68. The molecule has 100 valence electrons. The summed E-state index contributed by atoms with van der Waals surface area (Å²) in [5, 5.41) is 8.17. The Labute approximate surface area is 116 Å². The molecule has 1 aromatic carbocycles. The fraction of sp³-hybridized carbons (Fsp3) is 0.286. The third-order valence-electron chi connectivity index (χ3n) is 2.71. The lowest BCUT2D eigenvalue weighted by Crippen LogP contribution is -2.08. The number of nitrogens with zero attached hydrogens (tertiary/aromatic N) is 1. The van der Waals surface area contributed by atoms with Crippen LogP contribution in [0.5, 0.6) is 5.75 Å². The maximum atomic E-state index is 7.34. The first-order chi connectivity index (χ1) is 9.08. The molecule has 0 aliphatic carbocycles. The van der Waals surface area contributed by atoms with Gasteiger partial charge < -0.3 is 10.5 Å². The second kappa shape index (κ2) is 5.84. The number of hydrogen-bond acceptors (Lipinski definition) is 4. The van der Waals surface area contributed by atoms with E-state index in [0.717, 1.165) is 10.8 Å². The number of nitrogen functional groups attached to an aromatic ring is 1. The van der Waals surface area contributed by atoms with Crippen molar-refractivity contribution in [1.82, 2.24) is 4.98 Å². The van der Waals surface area contributed by atoms with Crippen LogP contribution in [0.4, 0.5) is 0 Å². The van der Waals surface area contributed by atoms with Gasteiger partial charge in [-0.3, -0.25) is 5.41 Å². The van der Waals surface area contributed by atoms with Crippen molar-refractivity contribution in [2.75, 3.05) is 0 Å². The zero-order chi connectivity index (χ0) is 13.8. The number of nitrogens with one attached hydrogen (secondary N) is 1. The first kappa shape index (κ1) is 13.5. The highest BCUT2D eigenvalue weighted by molar-refractivity contribution is 7.13. The minimum absolute atomic E-state index is 0.0475. The molecule has 0 spiro atoms. The van der Waals surface area contributed by atoms with Crippen molar-refractivity contribution in [2.24, 2.45) is 5.73 Å². The van der Waals surface area contributed by atoms with E-state index < -0.39 is 0 Å². The molecule has 0 amide bonds. The molecular weight excluding hydrogens is 258 g/mol. The van der Waals surface area contributed by atoms with E-state index in [-0.39, 0.29) is 5.84 Å². The molecule has 3 N–H and O–H groups in total. The van der Waals surface area contributed by atoms with Crippen LogP contribution in [0.15, 0.2) is 30.5 Å². The van der Waals surface area contributed by atoms with Crippen LogP contribution in [0, 0.1) is 5.41 Å². The van der Waals surface area contributed by atoms with Crippen LogP contribution in [0.3, 0.4) is 0 Å². The number of thiazole rings is 1. The fourth-order valence-electron chi connectivity index (χ4n) is 1.73. The fourth-order valence-corrected chi connectivity index (χ4v) is 2.42. The Hall–Kier alpha value is -1.88. The van der Waals surface area contributed by atoms with Gasteiger partial charge in [0, 0.05) is 6.20 Å². The number of rotatable bonds is 5. The van der Waals surface area contributed by atoms with Gasteiger partial charge >= 0.3 is 0 Å². The van der Waals surface area contributed by atoms with E-state index in [0.29, 0.717) is 17.4 Å². The van der Waals surface area contributed by atoms with Gasteiger partial charge in [-0.2, -0.15) is 0 Å². The largest absolute Gasteiger partial charge is 0.486 e. The van der Waals surface area contributed by atoms with Crippen molar-refractivity contribution in [1.29, 1.82) is 5.41 Å². The lowest BCUT2D eigenvalue weighted by molar-refractivity contribution is 0.301. The standard InChI is InChI=1S/C14H17N3OS/c1-9(2)10-5-3-4-6-11(10)18-8-13-17-7-12(19-13)14(15)16/h3-7,9H,8H2,1-2H3,(H3,15,16). The van der Waals surface area contributed by atoms with E-state index in [4.69, 9.17) is 15.9 Å². The molecule has 2 aromatic rings. The Bertz CT molecular complexity index is 578. The Morgan fingerprint density at radius 1 is 1.42 bits per heavy atom. The van der Waals surface area contributed by atoms with Crippen LogP contribution in [0.2, 0.25) is 0 Å². The number of nitrogens with two attached hydrogens (primary N) is 1. The molecule has 19 heavy (non-hydrogen) atoms. The summed E-state index contributed by atoms with van der Waals surface area (Å²) in [5.41, 5.74) is 6.60. The zero-order valence-electron chi connectivity index (χ0n) is 11.0. The average molecular weight is 275 g/mol. The molecule has 0 saturated heterocycles. The minimum atomic E-state index is 0.0475. The third kappa shape index (κ3) is 3.32. The van der Waals surface area contributed by atoms with Gasteiger partial charge in [0.2, 0.25) is 0 Å². The van der Waals surface area contributed by atoms with E-state index in [2.05, 4.69) is 24.9 Å². The van der Waals surface area contributed by atoms with E-state index in [1.807, 2.05) is 18.2 Å². The van der Waals surface area contributed by atoms with Crippen molar-refractivity contribution in [2.45, 2.75) is 26.4 Å². The number of ether oxygens (including phenoxy) is 1. The molecule has 2 rings (SSSR count). The highest BCUT2D eigenvalue weighted by Crippen LogP contribution is 2.27. The molecule has 0 saturated carbocycles. The highest BCUT2D eigenvalue weighted by Gasteiger charge is 2.09. The van der Waals surface area contributed by atoms with Crippen molar-refractivity contribution in [3.8, 4) is 5.75 Å². The van der Waals surface area contributed by atoms with Crippen molar-refractivity contribution in [3.63, 3.8) is 0 Å². The van der Waals surface area contributed by atoms with E-state index in [9.17, 15) is 0 Å². The highest BCUT2D eigenvalue weighted by atomic mass is 32.1. The van der Waals surface area contributed by atoms with E-state index in [1.165, 1.54) is 16.9 Å². The second-order valence-electron chi connectivity index (χ2n) is 4.51. The maximum Gasteiger partial charge on any atom is 0.140 e. The third-order valence-corrected chi connectivity index (χ3v) is 3.72. The van der Waals surface area contributed by atoms with Crippen LogP contribution >= 0.6 is 11.3 Å². The molecule has 5 heteroatoms. The van der Waals surface area contributed by atoms with Crippen LogP contribution in [0.1, 0.15) is 35.2 Å². The molecular formula is C14H17N3OS. The predicted octanol–water partition coefficient (Wildman–Crippen LogP) is 3.13. The molecule has 1 aromatic heterocycles. The number of para-hydroxylation sites is 1. The monoisotopic (exact) mass is 275 g/mol. The van der Waals surface area contributed by atoms with Crippen molar-refractivity contribution in [3.05, 3.63) is 45.9 Å². The summed E-state index contributed by atoms with van der Waals surface area (Å²) in [6.07, 6.45) is 1.61. The van der Waals surface area contributed by atoms with Gasteiger partial charge in [0.15, 0.2) is 0 Å². The van der Waals surface area contributed by atoms with Gasteiger partial charge in [-0.05, 0) is 17.5 Å².